The van der Waals surface area contributed by atoms with Gasteiger partial charge in [-0.1, -0.05) is 0 Å². The summed E-state index contributed by atoms with van der Waals surface area (Å²) >= 11 is 0. The molecule has 0 atom stereocenters. The molecule has 2 heterocycles. The number of benzene rings is 1. The van der Waals surface area contributed by atoms with Gasteiger partial charge in [-0.3, -0.25) is 4.79 Å². The summed E-state index contributed by atoms with van der Waals surface area (Å²) in [5.41, 5.74) is 1.15. The molecule has 0 aromatic heterocycles. The quantitative estimate of drug-likeness (QED) is 0.820. The number of ether oxygens (including phenoxy) is 2. The molecule has 0 N–H and O–H groups in total. The zero-order valence-electron chi connectivity index (χ0n) is 11.9. The lowest BCUT2D eigenvalue weighted by Gasteiger charge is -2.30. The molecule has 3 rings (SSSR count). The van der Waals surface area contributed by atoms with Crippen LogP contribution >= 0.6 is 0 Å². The molecule has 0 unspecified atom stereocenters. The summed E-state index contributed by atoms with van der Waals surface area (Å²) < 4.78 is 24.4. The van der Waals surface area contributed by atoms with Crippen molar-refractivity contribution < 1.29 is 18.7 Å². The second-order valence-electron chi connectivity index (χ2n) is 5.20. The van der Waals surface area contributed by atoms with E-state index in [0.29, 0.717) is 58.2 Å². The van der Waals surface area contributed by atoms with Crippen molar-refractivity contribution in [2.24, 2.45) is 0 Å². The maximum absolute atomic E-state index is 13.9. The molecule has 0 saturated carbocycles. The second kappa shape index (κ2) is 6.41. The average molecular weight is 294 g/mol. The topological polar surface area (TPSA) is 42.0 Å². The Kier molecular flexibility index (Phi) is 4.36. The standard InChI is InChI=1S/C15H19FN2O3/c16-13-9-12(15(19)18-3-7-21-8-4-18)10-14(11-13)17-1-5-20-6-2-17/h9-11H,1-8H2. The fraction of sp³-hybridized carbons (Fsp3) is 0.533. The third-order valence-electron chi connectivity index (χ3n) is 3.80. The van der Waals surface area contributed by atoms with Crippen LogP contribution in [0, 0.1) is 5.82 Å². The Morgan fingerprint density at radius 2 is 1.57 bits per heavy atom. The van der Waals surface area contributed by atoms with E-state index in [4.69, 9.17) is 9.47 Å². The zero-order chi connectivity index (χ0) is 14.7. The number of amides is 1. The van der Waals surface area contributed by atoms with E-state index in [2.05, 4.69) is 0 Å². The molecule has 0 aliphatic carbocycles. The number of morpholine rings is 2. The monoisotopic (exact) mass is 294 g/mol. The van der Waals surface area contributed by atoms with Crippen LogP contribution in [0.15, 0.2) is 18.2 Å². The minimum Gasteiger partial charge on any atom is -0.378 e. The van der Waals surface area contributed by atoms with Gasteiger partial charge in [0.15, 0.2) is 0 Å². The van der Waals surface area contributed by atoms with Gasteiger partial charge in [-0.15, -0.1) is 0 Å². The highest BCUT2D eigenvalue weighted by atomic mass is 19.1. The third kappa shape index (κ3) is 3.33. The van der Waals surface area contributed by atoms with E-state index in [0.717, 1.165) is 5.69 Å². The first kappa shape index (κ1) is 14.3. The first-order valence-electron chi connectivity index (χ1n) is 7.24. The third-order valence-corrected chi connectivity index (χ3v) is 3.80. The number of hydrogen-bond donors (Lipinski definition) is 0. The van der Waals surface area contributed by atoms with Gasteiger partial charge in [0.2, 0.25) is 0 Å². The smallest absolute Gasteiger partial charge is 0.254 e. The Morgan fingerprint density at radius 1 is 0.952 bits per heavy atom. The van der Waals surface area contributed by atoms with E-state index in [1.54, 1.807) is 11.0 Å². The second-order valence-corrected chi connectivity index (χ2v) is 5.20. The van der Waals surface area contributed by atoms with Crippen molar-refractivity contribution in [3.05, 3.63) is 29.6 Å². The van der Waals surface area contributed by atoms with Crippen molar-refractivity contribution in [2.75, 3.05) is 57.5 Å². The highest BCUT2D eigenvalue weighted by molar-refractivity contribution is 5.95. The normalized spacial score (nSPS) is 19.7. The first-order chi connectivity index (χ1) is 10.2. The van der Waals surface area contributed by atoms with Crippen LogP contribution in [-0.2, 0) is 9.47 Å². The maximum atomic E-state index is 13.9. The summed E-state index contributed by atoms with van der Waals surface area (Å²) in [6.45, 7) is 4.88. The molecular formula is C15H19FN2O3. The minimum atomic E-state index is -0.379. The number of carbonyl (C=O) groups excluding carboxylic acids is 1. The van der Waals surface area contributed by atoms with Gasteiger partial charge in [-0.25, -0.2) is 4.39 Å². The Labute approximate surface area is 123 Å². The molecule has 114 valence electrons. The molecular weight excluding hydrogens is 275 g/mol. The van der Waals surface area contributed by atoms with Gasteiger partial charge in [0.25, 0.3) is 5.91 Å². The van der Waals surface area contributed by atoms with Crippen LogP contribution in [0.1, 0.15) is 10.4 Å². The van der Waals surface area contributed by atoms with Crippen molar-refractivity contribution in [3.8, 4) is 0 Å². The van der Waals surface area contributed by atoms with Gasteiger partial charge in [-0.2, -0.15) is 0 Å². The summed E-state index contributed by atoms with van der Waals surface area (Å²) in [4.78, 5) is 16.2. The van der Waals surface area contributed by atoms with Crippen LogP contribution in [0.4, 0.5) is 10.1 Å². The van der Waals surface area contributed by atoms with Crippen molar-refractivity contribution in [3.63, 3.8) is 0 Å². The van der Waals surface area contributed by atoms with Gasteiger partial charge in [0.1, 0.15) is 5.82 Å². The van der Waals surface area contributed by atoms with E-state index in [1.807, 2.05) is 4.90 Å². The summed E-state index contributed by atoms with van der Waals surface area (Å²) in [7, 11) is 0. The van der Waals surface area contributed by atoms with Crippen LogP contribution in [0.25, 0.3) is 0 Å². The predicted octanol–water partition coefficient (Wildman–Crippen LogP) is 1.13. The van der Waals surface area contributed by atoms with E-state index in [-0.39, 0.29) is 11.7 Å². The first-order valence-corrected chi connectivity index (χ1v) is 7.24. The van der Waals surface area contributed by atoms with Gasteiger partial charge in [-0.05, 0) is 18.2 Å². The molecule has 1 aromatic rings. The van der Waals surface area contributed by atoms with E-state index < -0.39 is 0 Å². The molecule has 0 spiro atoms. The molecule has 0 bridgehead atoms. The summed E-state index contributed by atoms with van der Waals surface area (Å²) in [6, 6.07) is 4.55. The summed E-state index contributed by atoms with van der Waals surface area (Å²) in [5, 5.41) is 0. The Bertz CT molecular complexity index is 512. The van der Waals surface area contributed by atoms with E-state index >= 15 is 0 Å². The predicted molar refractivity (Wildman–Crippen MR) is 76.2 cm³/mol. The Morgan fingerprint density at radius 3 is 2.24 bits per heavy atom. The summed E-state index contributed by atoms with van der Waals surface area (Å²) in [5.74, 6) is -0.511. The lowest BCUT2D eigenvalue weighted by atomic mass is 10.1. The number of anilines is 1. The zero-order valence-corrected chi connectivity index (χ0v) is 11.9. The number of nitrogens with zero attached hydrogens (tertiary/aromatic N) is 2. The molecule has 6 heteroatoms. The number of halogens is 1. The van der Waals surface area contributed by atoms with E-state index in [1.165, 1.54) is 12.1 Å². The molecule has 1 amide bonds. The van der Waals surface area contributed by atoms with Crippen LogP contribution in [-0.4, -0.2) is 63.4 Å². The molecule has 2 fully saturated rings. The Hall–Kier alpha value is -1.66. The SMILES string of the molecule is O=C(c1cc(F)cc(N2CCOCC2)c1)N1CCOCC1. The molecule has 21 heavy (non-hydrogen) atoms. The van der Waals surface area contributed by atoms with Crippen molar-refractivity contribution >= 4 is 11.6 Å². The Balaban J connectivity index is 1.81. The number of hydrogen-bond acceptors (Lipinski definition) is 4. The fourth-order valence-corrected chi connectivity index (χ4v) is 2.65. The molecule has 0 radical (unpaired) electrons. The molecule has 2 aliphatic rings. The van der Waals surface area contributed by atoms with Crippen LogP contribution in [0.2, 0.25) is 0 Å². The number of rotatable bonds is 2. The van der Waals surface area contributed by atoms with E-state index in [9.17, 15) is 9.18 Å². The van der Waals surface area contributed by atoms with Gasteiger partial charge in [0.05, 0.1) is 26.4 Å². The lowest BCUT2D eigenvalue weighted by Crippen LogP contribution is -2.41. The van der Waals surface area contributed by atoms with Crippen molar-refractivity contribution in [1.29, 1.82) is 0 Å². The van der Waals surface area contributed by atoms with Crippen LogP contribution < -0.4 is 4.90 Å². The highest BCUT2D eigenvalue weighted by Gasteiger charge is 2.21. The fourth-order valence-electron chi connectivity index (χ4n) is 2.65. The lowest BCUT2D eigenvalue weighted by molar-refractivity contribution is 0.0302. The van der Waals surface area contributed by atoms with Gasteiger partial charge < -0.3 is 19.3 Å². The average Bonchev–Trinajstić information content (AvgIpc) is 2.55. The maximum Gasteiger partial charge on any atom is 0.254 e. The van der Waals surface area contributed by atoms with Crippen molar-refractivity contribution in [1.82, 2.24) is 4.90 Å². The van der Waals surface area contributed by atoms with Gasteiger partial charge in [0, 0.05) is 37.4 Å². The molecule has 5 nitrogen and oxygen atoms in total. The largest absolute Gasteiger partial charge is 0.378 e. The van der Waals surface area contributed by atoms with Crippen molar-refractivity contribution in [2.45, 2.75) is 0 Å². The molecule has 1 aromatic carbocycles. The minimum absolute atomic E-state index is 0.132. The number of carbonyl (C=O) groups is 1. The molecule has 2 aliphatic heterocycles. The highest BCUT2D eigenvalue weighted by Crippen LogP contribution is 2.21. The summed E-state index contributed by atoms with van der Waals surface area (Å²) in [6.07, 6.45) is 0. The molecule has 2 saturated heterocycles. The van der Waals surface area contributed by atoms with Crippen LogP contribution in [0.5, 0.6) is 0 Å². The van der Waals surface area contributed by atoms with Gasteiger partial charge >= 0.3 is 0 Å². The van der Waals surface area contributed by atoms with Crippen LogP contribution in [0.3, 0.4) is 0 Å².